The fourth-order valence-corrected chi connectivity index (χ4v) is 6.04. The molecule has 3 heterocycles. The second-order valence-corrected chi connectivity index (χ2v) is 10.3. The van der Waals surface area contributed by atoms with E-state index in [2.05, 4.69) is 48.5 Å². The third-order valence-electron chi connectivity index (χ3n) is 5.35. The minimum Gasteiger partial charge on any atom is -0.465 e. The van der Waals surface area contributed by atoms with E-state index < -0.39 is 6.09 Å². The number of amides is 1. The maximum atomic E-state index is 12.4. The lowest BCUT2D eigenvalue weighted by atomic mass is 9.80. The van der Waals surface area contributed by atoms with Crippen LogP contribution in [-0.2, 0) is 13.6 Å². The summed E-state index contributed by atoms with van der Waals surface area (Å²) >= 11 is 5.18. The zero-order chi connectivity index (χ0) is 20.1. The molecule has 1 N–H and O–H groups in total. The summed E-state index contributed by atoms with van der Waals surface area (Å²) in [5.74, 6) is 0. The predicted molar refractivity (Wildman–Crippen MR) is 113 cm³/mol. The van der Waals surface area contributed by atoms with Gasteiger partial charge in [-0.1, -0.05) is 20.8 Å². The maximum absolute atomic E-state index is 12.4. The second-order valence-electron chi connectivity index (χ2n) is 8.35. The van der Waals surface area contributed by atoms with Gasteiger partial charge in [0.25, 0.3) is 5.56 Å². The van der Waals surface area contributed by atoms with Crippen LogP contribution in [0.15, 0.2) is 21.5 Å². The zero-order valence-electron chi connectivity index (χ0n) is 16.3. The molecule has 0 radical (unpaired) electrons. The van der Waals surface area contributed by atoms with Gasteiger partial charge in [-0.15, -0.1) is 11.3 Å². The number of rotatable bonds is 2. The fourth-order valence-electron chi connectivity index (χ4n) is 4.20. The molecule has 1 aliphatic heterocycles. The molecular formula is C19H26BrN3O3S. The van der Waals surface area contributed by atoms with Crippen molar-refractivity contribution in [2.45, 2.75) is 46.3 Å². The monoisotopic (exact) mass is 455 g/mol. The Labute approximate surface area is 171 Å². The minimum absolute atomic E-state index is 0.00649. The molecule has 2 aromatic rings. The molecule has 1 unspecified atom stereocenters. The van der Waals surface area contributed by atoms with E-state index in [9.17, 15) is 14.7 Å². The molecule has 3 rings (SSSR count). The lowest BCUT2D eigenvalue weighted by Gasteiger charge is -2.50. The molecule has 1 amide bonds. The number of halogens is 1. The summed E-state index contributed by atoms with van der Waals surface area (Å²) in [5, 5.41) is 10.3. The predicted octanol–water partition coefficient (Wildman–Crippen LogP) is 3.96. The Bertz CT molecular complexity index is 931. The maximum Gasteiger partial charge on any atom is 0.407 e. The first-order valence-corrected chi connectivity index (χ1v) is 10.6. The number of nitrogens with zero attached hydrogens (tertiary/aromatic N) is 3. The summed E-state index contributed by atoms with van der Waals surface area (Å²) in [7, 11) is 1.75. The van der Waals surface area contributed by atoms with Crippen LogP contribution in [0.3, 0.4) is 0 Å². The first-order chi connectivity index (χ1) is 12.5. The number of carboxylic acid groups (broad SMARTS) is 1. The number of piperazine rings is 1. The van der Waals surface area contributed by atoms with Gasteiger partial charge >= 0.3 is 6.09 Å². The van der Waals surface area contributed by atoms with E-state index in [0.29, 0.717) is 13.1 Å². The van der Waals surface area contributed by atoms with Crippen LogP contribution in [0, 0.1) is 5.41 Å². The molecule has 8 heteroatoms. The Kier molecular flexibility index (Phi) is 5.44. The number of fused-ring (bicyclic) bond motifs is 1. The van der Waals surface area contributed by atoms with Crippen molar-refractivity contribution < 1.29 is 9.90 Å². The number of aromatic nitrogens is 1. The van der Waals surface area contributed by atoms with Crippen LogP contribution >= 0.6 is 27.3 Å². The highest BCUT2D eigenvalue weighted by atomic mass is 79.9. The lowest BCUT2D eigenvalue weighted by Crippen LogP contribution is -2.63. The molecule has 2 aromatic heterocycles. The van der Waals surface area contributed by atoms with E-state index >= 15 is 0 Å². The molecule has 0 bridgehead atoms. The normalized spacial score (nSPS) is 21.8. The highest BCUT2D eigenvalue weighted by Gasteiger charge is 2.42. The molecule has 1 fully saturated rings. The Morgan fingerprint density at radius 1 is 1.37 bits per heavy atom. The van der Waals surface area contributed by atoms with E-state index in [1.54, 1.807) is 34.0 Å². The quantitative estimate of drug-likeness (QED) is 0.743. The lowest BCUT2D eigenvalue weighted by molar-refractivity contribution is -0.0178. The number of hydrogen-bond donors (Lipinski definition) is 1. The van der Waals surface area contributed by atoms with Crippen LogP contribution in [0.25, 0.3) is 10.1 Å². The number of carbonyl (C=O) groups is 1. The first kappa shape index (κ1) is 20.4. The first-order valence-electron chi connectivity index (χ1n) is 9.02. The summed E-state index contributed by atoms with van der Waals surface area (Å²) < 4.78 is 3.48. The van der Waals surface area contributed by atoms with Gasteiger partial charge in [0.1, 0.15) is 0 Å². The average Bonchev–Trinajstić information content (AvgIpc) is 2.97. The van der Waals surface area contributed by atoms with E-state index in [4.69, 9.17) is 0 Å². The molecule has 27 heavy (non-hydrogen) atoms. The van der Waals surface area contributed by atoms with Crippen LogP contribution in [0.4, 0.5) is 4.79 Å². The van der Waals surface area contributed by atoms with Crippen molar-refractivity contribution in [3.05, 3.63) is 32.0 Å². The van der Waals surface area contributed by atoms with Gasteiger partial charge in [-0.2, -0.15) is 0 Å². The second kappa shape index (κ2) is 7.22. The molecule has 0 spiro atoms. The van der Waals surface area contributed by atoms with Crippen molar-refractivity contribution in [1.82, 2.24) is 14.4 Å². The summed E-state index contributed by atoms with van der Waals surface area (Å²) in [6, 6.07) is 1.99. The van der Waals surface area contributed by atoms with E-state index in [0.717, 1.165) is 26.0 Å². The minimum atomic E-state index is -0.851. The van der Waals surface area contributed by atoms with Crippen LogP contribution in [-0.4, -0.2) is 50.7 Å². The topological polar surface area (TPSA) is 65.8 Å². The molecule has 2 atom stereocenters. The van der Waals surface area contributed by atoms with Gasteiger partial charge in [0.15, 0.2) is 0 Å². The third kappa shape index (κ3) is 3.79. The van der Waals surface area contributed by atoms with E-state index in [1.165, 1.54) is 0 Å². The molecule has 1 aliphatic rings. The molecular weight excluding hydrogens is 430 g/mol. The fraction of sp³-hybridized carbons (Fsp3) is 0.579. The molecule has 1 saturated heterocycles. The summed E-state index contributed by atoms with van der Waals surface area (Å²) in [4.78, 5) is 29.2. The average molecular weight is 456 g/mol. The molecule has 6 nitrogen and oxygen atoms in total. The summed E-state index contributed by atoms with van der Waals surface area (Å²) in [5.41, 5.74) is -0.151. The van der Waals surface area contributed by atoms with E-state index in [-0.39, 0.29) is 23.1 Å². The zero-order valence-corrected chi connectivity index (χ0v) is 18.7. The van der Waals surface area contributed by atoms with Crippen molar-refractivity contribution in [1.29, 1.82) is 0 Å². The number of aryl methyl sites for hydroxylation is 1. The smallest absolute Gasteiger partial charge is 0.407 e. The highest BCUT2D eigenvalue weighted by molar-refractivity contribution is 9.10. The standard InChI is InChI=1S/C19H26BrN3O3S/c1-11-16(19(2,3)4)23(18(25)26)7-6-22(11)9-12-8-13-15(27-12)14(20)10-21(5)17(13)24/h8,10-11,16H,6-7,9H2,1-5H3,(H,25,26)/t11?,16-/m1/s1. The van der Waals surface area contributed by atoms with Crippen molar-refractivity contribution in [2.75, 3.05) is 13.1 Å². The van der Waals surface area contributed by atoms with Crippen molar-refractivity contribution in [3.63, 3.8) is 0 Å². The Morgan fingerprint density at radius 2 is 2.04 bits per heavy atom. The number of pyridine rings is 1. The Morgan fingerprint density at radius 3 is 2.63 bits per heavy atom. The molecule has 0 aliphatic carbocycles. The van der Waals surface area contributed by atoms with Gasteiger partial charge < -0.3 is 14.6 Å². The van der Waals surface area contributed by atoms with Gasteiger partial charge in [0, 0.05) is 43.8 Å². The Balaban J connectivity index is 1.91. The van der Waals surface area contributed by atoms with Gasteiger partial charge in [-0.05, 0) is 34.3 Å². The third-order valence-corrected chi connectivity index (χ3v) is 7.36. The van der Waals surface area contributed by atoms with Crippen LogP contribution in [0.5, 0.6) is 0 Å². The number of thiophene rings is 1. The van der Waals surface area contributed by atoms with Crippen LogP contribution < -0.4 is 5.56 Å². The van der Waals surface area contributed by atoms with Crippen molar-refractivity contribution in [2.24, 2.45) is 12.5 Å². The van der Waals surface area contributed by atoms with Gasteiger partial charge in [0.05, 0.1) is 20.6 Å². The molecule has 0 saturated carbocycles. The molecule has 0 aromatic carbocycles. The number of hydrogen-bond acceptors (Lipinski definition) is 4. The highest BCUT2D eigenvalue weighted by Crippen LogP contribution is 2.35. The largest absolute Gasteiger partial charge is 0.465 e. The van der Waals surface area contributed by atoms with E-state index in [1.807, 2.05) is 6.07 Å². The summed E-state index contributed by atoms with van der Waals surface area (Å²) in [6.45, 7) is 10.3. The molecule has 148 valence electrons. The van der Waals surface area contributed by atoms with Crippen LogP contribution in [0.1, 0.15) is 32.6 Å². The van der Waals surface area contributed by atoms with Gasteiger partial charge in [-0.3, -0.25) is 9.69 Å². The van der Waals surface area contributed by atoms with Gasteiger partial charge in [0.2, 0.25) is 0 Å². The SMILES string of the molecule is CC1[C@H](C(C)(C)C)N(C(=O)O)CCN1Cc1cc2c(=O)n(C)cc(Br)c2s1. The summed E-state index contributed by atoms with van der Waals surface area (Å²) in [6.07, 6.45) is 0.949. The van der Waals surface area contributed by atoms with Crippen molar-refractivity contribution in [3.8, 4) is 0 Å². The van der Waals surface area contributed by atoms with Gasteiger partial charge in [-0.25, -0.2) is 4.79 Å². The van der Waals surface area contributed by atoms with Crippen LogP contribution in [0.2, 0.25) is 0 Å². The van der Waals surface area contributed by atoms with Crippen molar-refractivity contribution >= 4 is 43.4 Å². The Hall–Kier alpha value is -1.38.